The lowest BCUT2D eigenvalue weighted by molar-refractivity contribution is -0.0331. The SMILES string of the molecule is CC1(C)c2ccccc2OC(C)(S(=O)(=O)O)C1(C)C. The maximum absolute atomic E-state index is 11.9. The number of hydrogen-bond donors (Lipinski definition) is 1. The third kappa shape index (κ3) is 1.64. The van der Waals surface area contributed by atoms with Crippen LogP contribution in [0.15, 0.2) is 24.3 Å². The molecule has 0 spiro atoms. The van der Waals surface area contributed by atoms with Crippen molar-refractivity contribution in [1.29, 1.82) is 0 Å². The first kappa shape index (κ1) is 14.3. The zero-order chi connectivity index (χ0) is 14.7. The molecule has 1 unspecified atom stereocenters. The second kappa shape index (κ2) is 3.73. The summed E-state index contributed by atoms with van der Waals surface area (Å²) in [6.45, 7) is 8.98. The molecule has 5 heteroatoms. The monoisotopic (exact) mass is 284 g/mol. The van der Waals surface area contributed by atoms with Gasteiger partial charge in [-0.25, -0.2) is 0 Å². The van der Waals surface area contributed by atoms with Gasteiger partial charge in [0.05, 0.1) is 0 Å². The highest BCUT2D eigenvalue weighted by molar-refractivity contribution is 7.87. The van der Waals surface area contributed by atoms with E-state index in [0.717, 1.165) is 5.56 Å². The lowest BCUT2D eigenvalue weighted by atomic mass is 9.60. The fourth-order valence-electron chi connectivity index (χ4n) is 2.69. The van der Waals surface area contributed by atoms with Crippen LogP contribution in [0.5, 0.6) is 5.75 Å². The predicted octanol–water partition coefficient (Wildman–Crippen LogP) is 2.99. The lowest BCUT2D eigenvalue weighted by Gasteiger charge is -2.55. The minimum absolute atomic E-state index is 0.466. The Balaban J connectivity index is 2.80. The number of fused-ring (bicyclic) bond motifs is 1. The summed E-state index contributed by atoms with van der Waals surface area (Å²) in [4.78, 5) is -1.68. The molecule has 2 rings (SSSR count). The van der Waals surface area contributed by atoms with Gasteiger partial charge in [-0.3, -0.25) is 4.55 Å². The van der Waals surface area contributed by atoms with Crippen LogP contribution in [0.4, 0.5) is 0 Å². The summed E-state index contributed by atoms with van der Waals surface area (Å²) >= 11 is 0. The molecule has 1 aromatic carbocycles. The van der Waals surface area contributed by atoms with Crippen molar-refractivity contribution in [2.75, 3.05) is 0 Å². The summed E-state index contributed by atoms with van der Waals surface area (Å²) in [6.07, 6.45) is 0. The number of rotatable bonds is 1. The molecule has 19 heavy (non-hydrogen) atoms. The van der Waals surface area contributed by atoms with Gasteiger partial charge >= 0.3 is 10.1 Å². The van der Waals surface area contributed by atoms with E-state index in [1.807, 2.05) is 26.0 Å². The smallest absolute Gasteiger partial charge is 0.306 e. The van der Waals surface area contributed by atoms with Gasteiger partial charge in [0.15, 0.2) is 0 Å². The van der Waals surface area contributed by atoms with Crippen molar-refractivity contribution < 1.29 is 17.7 Å². The highest BCUT2D eigenvalue weighted by Crippen LogP contribution is 2.57. The quantitative estimate of drug-likeness (QED) is 0.805. The van der Waals surface area contributed by atoms with Crippen LogP contribution < -0.4 is 4.74 Å². The van der Waals surface area contributed by atoms with E-state index in [1.165, 1.54) is 6.92 Å². The molecule has 1 atom stereocenters. The summed E-state index contributed by atoms with van der Waals surface area (Å²) in [5.74, 6) is 0.506. The third-order valence-corrected chi connectivity index (χ3v) is 6.63. The van der Waals surface area contributed by atoms with Gasteiger partial charge in [-0.2, -0.15) is 8.42 Å². The van der Waals surface area contributed by atoms with E-state index in [1.54, 1.807) is 26.0 Å². The zero-order valence-corrected chi connectivity index (χ0v) is 12.7. The standard InChI is InChI=1S/C14H20O4S/c1-12(2)10-8-6-7-9-11(10)18-14(5,13(12,3)4)19(15,16)17/h6-9H,1-5H3,(H,15,16,17). The molecule has 0 aromatic heterocycles. The van der Waals surface area contributed by atoms with E-state index >= 15 is 0 Å². The molecule has 1 aliphatic rings. The van der Waals surface area contributed by atoms with Gasteiger partial charge in [0.25, 0.3) is 0 Å². The molecular weight excluding hydrogens is 264 g/mol. The Bertz CT molecular complexity index is 616. The van der Waals surface area contributed by atoms with Crippen LogP contribution in [0, 0.1) is 5.41 Å². The van der Waals surface area contributed by atoms with Gasteiger partial charge in [-0.05, 0) is 13.0 Å². The van der Waals surface area contributed by atoms with Crippen molar-refractivity contribution in [2.45, 2.75) is 45.0 Å². The average Bonchev–Trinajstić information content (AvgIpc) is 2.26. The molecule has 1 aliphatic heterocycles. The van der Waals surface area contributed by atoms with E-state index in [0.29, 0.717) is 5.75 Å². The summed E-state index contributed by atoms with van der Waals surface area (Å²) in [5, 5.41) is 0. The second-order valence-electron chi connectivity index (χ2n) is 6.27. The first-order valence-electron chi connectivity index (χ1n) is 6.21. The molecule has 0 saturated heterocycles. The molecule has 0 aliphatic carbocycles. The maximum Gasteiger partial charge on any atom is 0.306 e. The van der Waals surface area contributed by atoms with E-state index in [2.05, 4.69) is 0 Å². The molecule has 4 nitrogen and oxygen atoms in total. The van der Waals surface area contributed by atoms with Crippen molar-refractivity contribution in [3.8, 4) is 5.75 Å². The van der Waals surface area contributed by atoms with E-state index < -0.39 is 25.9 Å². The van der Waals surface area contributed by atoms with Gasteiger partial charge in [0.1, 0.15) is 5.75 Å². The van der Waals surface area contributed by atoms with Crippen LogP contribution in [0.25, 0.3) is 0 Å². The predicted molar refractivity (Wildman–Crippen MR) is 73.8 cm³/mol. The largest absolute Gasteiger partial charge is 0.468 e. The minimum atomic E-state index is -4.37. The second-order valence-corrected chi connectivity index (χ2v) is 8.00. The zero-order valence-electron chi connectivity index (χ0n) is 11.9. The summed E-state index contributed by atoms with van der Waals surface area (Å²) in [5.41, 5.74) is -0.324. The van der Waals surface area contributed by atoms with Crippen molar-refractivity contribution in [3.63, 3.8) is 0 Å². The summed E-state index contributed by atoms with van der Waals surface area (Å²) < 4.78 is 39.0. The Morgan fingerprint density at radius 2 is 1.58 bits per heavy atom. The lowest BCUT2D eigenvalue weighted by Crippen LogP contribution is -2.63. The molecule has 0 radical (unpaired) electrons. The fraction of sp³-hybridized carbons (Fsp3) is 0.571. The van der Waals surface area contributed by atoms with Crippen molar-refractivity contribution in [2.24, 2.45) is 5.41 Å². The van der Waals surface area contributed by atoms with Crippen LogP contribution >= 0.6 is 0 Å². The topological polar surface area (TPSA) is 63.6 Å². The summed E-state index contributed by atoms with van der Waals surface area (Å²) in [7, 11) is -4.37. The first-order valence-corrected chi connectivity index (χ1v) is 7.65. The van der Waals surface area contributed by atoms with Crippen LogP contribution in [0.2, 0.25) is 0 Å². The van der Waals surface area contributed by atoms with Crippen molar-refractivity contribution in [1.82, 2.24) is 0 Å². The number of hydrogen-bond acceptors (Lipinski definition) is 3. The van der Waals surface area contributed by atoms with Gasteiger partial charge in [-0.15, -0.1) is 0 Å². The normalized spacial score (nSPS) is 28.3. The molecular formula is C14H20O4S. The van der Waals surface area contributed by atoms with Crippen molar-refractivity contribution in [3.05, 3.63) is 29.8 Å². The molecule has 1 heterocycles. The molecule has 0 fully saturated rings. The molecule has 1 aromatic rings. The van der Waals surface area contributed by atoms with Gasteiger partial charge in [0.2, 0.25) is 4.93 Å². The molecule has 106 valence electrons. The highest BCUT2D eigenvalue weighted by atomic mass is 32.2. The van der Waals surface area contributed by atoms with Crippen LogP contribution in [0.3, 0.4) is 0 Å². The van der Waals surface area contributed by atoms with Crippen LogP contribution in [-0.4, -0.2) is 17.9 Å². The Labute approximate surface area is 114 Å². The van der Waals surface area contributed by atoms with Gasteiger partial charge < -0.3 is 4.74 Å². The minimum Gasteiger partial charge on any atom is -0.468 e. The molecule has 0 bridgehead atoms. The first-order chi connectivity index (χ1) is 8.45. The number of ether oxygens (including phenoxy) is 1. The third-order valence-electron chi connectivity index (χ3n) is 5.06. The van der Waals surface area contributed by atoms with Gasteiger partial charge in [-0.1, -0.05) is 45.9 Å². The van der Waals surface area contributed by atoms with E-state index in [4.69, 9.17) is 4.74 Å². The van der Waals surface area contributed by atoms with Crippen LogP contribution in [-0.2, 0) is 15.5 Å². The Morgan fingerprint density at radius 1 is 1.05 bits per heavy atom. The molecule has 0 amide bonds. The highest BCUT2D eigenvalue weighted by Gasteiger charge is 2.63. The number of para-hydroxylation sites is 1. The van der Waals surface area contributed by atoms with Crippen molar-refractivity contribution >= 4 is 10.1 Å². The Hall–Kier alpha value is -1.07. The Kier molecular flexibility index (Phi) is 2.82. The summed E-state index contributed by atoms with van der Waals surface area (Å²) in [6, 6.07) is 7.35. The average molecular weight is 284 g/mol. The number of benzene rings is 1. The van der Waals surface area contributed by atoms with Gasteiger partial charge in [0, 0.05) is 16.4 Å². The Morgan fingerprint density at radius 3 is 2.11 bits per heavy atom. The molecule has 0 saturated carbocycles. The van der Waals surface area contributed by atoms with E-state index in [-0.39, 0.29) is 0 Å². The fourth-order valence-corrected chi connectivity index (χ4v) is 3.78. The van der Waals surface area contributed by atoms with E-state index in [9.17, 15) is 13.0 Å². The molecule has 1 N–H and O–H groups in total. The van der Waals surface area contributed by atoms with Crippen LogP contribution in [0.1, 0.15) is 40.2 Å². The maximum atomic E-state index is 11.9.